The number of nitro groups is 1. The van der Waals surface area contributed by atoms with Crippen molar-refractivity contribution in [2.75, 3.05) is 0 Å². The first-order valence-electron chi connectivity index (χ1n) is 9.36. The van der Waals surface area contributed by atoms with E-state index in [0.29, 0.717) is 17.8 Å². The summed E-state index contributed by atoms with van der Waals surface area (Å²) in [5.74, 6) is 1.29. The predicted molar refractivity (Wildman–Crippen MR) is 93.6 cm³/mol. The van der Waals surface area contributed by atoms with Gasteiger partial charge >= 0.3 is 5.97 Å². The second kappa shape index (κ2) is 6.18. The van der Waals surface area contributed by atoms with Gasteiger partial charge < -0.3 is 4.74 Å². The molecule has 6 heteroatoms. The summed E-state index contributed by atoms with van der Waals surface area (Å²) in [6.07, 6.45) is 5.69. The zero-order valence-electron chi connectivity index (χ0n) is 14.8. The maximum absolute atomic E-state index is 13.2. The van der Waals surface area contributed by atoms with E-state index in [2.05, 4.69) is 0 Å². The van der Waals surface area contributed by atoms with Gasteiger partial charge in [-0.15, -0.1) is 0 Å². The van der Waals surface area contributed by atoms with Gasteiger partial charge in [0.2, 0.25) is 0 Å². The molecule has 0 saturated heterocycles. The third kappa shape index (κ3) is 2.91. The van der Waals surface area contributed by atoms with Crippen LogP contribution in [-0.4, -0.2) is 22.8 Å². The van der Waals surface area contributed by atoms with Crippen LogP contribution in [0.15, 0.2) is 24.3 Å². The molecule has 1 atom stereocenters. The Morgan fingerprint density at radius 3 is 2.27 bits per heavy atom. The molecule has 0 amide bonds. The third-order valence-electron chi connectivity index (χ3n) is 6.51. The van der Waals surface area contributed by atoms with Gasteiger partial charge in [0.25, 0.3) is 5.69 Å². The number of nitrogens with zero attached hydrogens (tertiary/aromatic N) is 1. The lowest BCUT2D eigenvalue weighted by molar-refractivity contribution is -0.384. The lowest BCUT2D eigenvalue weighted by Gasteiger charge is -2.56. The normalized spacial score (nSPS) is 32.9. The second-order valence-corrected chi connectivity index (χ2v) is 8.42. The number of rotatable bonds is 5. The van der Waals surface area contributed by atoms with Crippen LogP contribution in [0.1, 0.15) is 55.8 Å². The van der Waals surface area contributed by atoms with Crippen molar-refractivity contribution in [3.63, 3.8) is 0 Å². The first kappa shape index (κ1) is 17.2. The van der Waals surface area contributed by atoms with Gasteiger partial charge in [-0.3, -0.25) is 14.9 Å². The summed E-state index contributed by atoms with van der Waals surface area (Å²) in [5.41, 5.74) is -0.388. The SMILES string of the molecule is C[C@@H](OC(=O)c1cccc([N+](=O)[O-])c1)C(=O)C12CC3CC(CC(C3)C1)C2. The zero-order chi connectivity index (χ0) is 18.5. The van der Waals surface area contributed by atoms with Gasteiger partial charge in [-0.1, -0.05) is 6.07 Å². The molecule has 6 nitrogen and oxygen atoms in total. The zero-order valence-corrected chi connectivity index (χ0v) is 14.8. The van der Waals surface area contributed by atoms with E-state index in [1.165, 1.54) is 43.5 Å². The molecule has 5 rings (SSSR count). The number of benzene rings is 1. The van der Waals surface area contributed by atoms with Crippen molar-refractivity contribution in [2.45, 2.75) is 51.6 Å². The molecule has 0 heterocycles. The number of esters is 1. The van der Waals surface area contributed by atoms with Crippen molar-refractivity contribution < 1.29 is 19.2 Å². The van der Waals surface area contributed by atoms with Gasteiger partial charge in [0.15, 0.2) is 11.9 Å². The van der Waals surface area contributed by atoms with E-state index in [1.807, 2.05) is 0 Å². The number of non-ortho nitro benzene ring substituents is 1. The summed E-state index contributed by atoms with van der Waals surface area (Å²) in [6, 6.07) is 5.42. The maximum Gasteiger partial charge on any atom is 0.339 e. The van der Waals surface area contributed by atoms with Crippen molar-refractivity contribution in [2.24, 2.45) is 23.2 Å². The number of carbonyl (C=O) groups excluding carboxylic acids is 2. The number of ether oxygens (including phenoxy) is 1. The summed E-state index contributed by atoms with van der Waals surface area (Å²) in [6.45, 7) is 1.64. The van der Waals surface area contributed by atoms with Crippen LogP contribution in [0.25, 0.3) is 0 Å². The van der Waals surface area contributed by atoms with Crippen LogP contribution >= 0.6 is 0 Å². The van der Waals surface area contributed by atoms with E-state index in [0.717, 1.165) is 19.3 Å². The third-order valence-corrected chi connectivity index (χ3v) is 6.51. The van der Waals surface area contributed by atoms with Crippen molar-refractivity contribution >= 4 is 17.4 Å². The minimum atomic E-state index is -0.821. The average molecular weight is 357 g/mol. The number of hydrogen-bond acceptors (Lipinski definition) is 5. The smallest absolute Gasteiger partial charge is 0.339 e. The Morgan fingerprint density at radius 1 is 1.15 bits per heavy atom. The number of hydrogen-bond donors (Lipinski definition) is 0. The van der Waals surface area contributed by atoms with Crippen LogP contribution in [0, 0.1) is 33.3 Å². The van der Waals surface area contributed by atoms with Crippen molar-refractivity contribution in [1.29, 1.82) is 0 Å². The second-order valence-electron chi connectivity index (χ2n) is 8.42. The van der Waals surface area contributed by atoms with E-state index in [9.17, 15) is 19.7 Å². The lowest BCUT2D eigenvalue weighted by Crippen LogP contribution is -2.52. The summed E-state index contributed by atoms with van der Waals surface area (Å²) >= 11 is 0. The first-order valence-corrected chi connectivity index (χ1v) is 9.36. The summed E-state index contributed by atoms with van der Waals surface area (Å²) < 4.78 is 5.41. The summed E-state index contributed by atoms with van der Waals surface area (Å²) in [7, 11) is 0. The molecule has 0 aromatic heterocycles. The highest BCUT2D eigenvalue weighted by Crippen LogP contribution is 2.60. The fraction of sp³-hybridized carbons (Fsp3) is 0.600. The number of carbonyl (C=O) groups is 2. The molecule has 0 radical (unpaired) electrons. The minimum Gasteiger partial charge on any atom is -0.451 e. The Labute approximate surface area is 152 Å². The van der Waals surface area contributed by atoms with Crippen molar-refractivity contribution in [3.05, 3.63) is 39.9 Å². The lowest BCUT2D eigenvalue weighted by atomic mass is 9.48. The molecule has 1 aromatic carbocycles. The van der Waals surface area contributed by atoms with Gasteiger partial charge in [-0.2, -0.15) is 0 Å². The highest BCUT2D eigenvalue weighted by molar-refractivity contribution is 5.95. The molecule has 4 aliphatic carbocycles. The standard InChI is InChI=1S/C20H23NO5/c1-12(26-19(23)16-3-2-4-17(8-16)21(24)25)18(22)20-9-13-5-14(10-20)7-15(6-13)11-20/h2-4,8,12-15H,5-7,9-11H2,1H3/t12-,13?,14?,15?,20?/m1/s1. The molecule has 0 aliphatic heterocycles. The fourth-order valence-electron chi connectivity index (χ4n) is 5.87. The monoisotopic (exact) mass is 357 g/mol. The van der Waals surface area contributed by atoms with Gasteiger partial charge in [-0.25, -0.2) is 4.79 Å². The van der Waals surface area contributed by atoms with Gasteiger partial charge in [-0.05, 0) is 69.3 Å². The molecule has 0 spiro atoms. The molecule has 4 aliphatic rings. The number of ketones is 1. The first-order chi connectivity index (χ1) is 12.4. The van der Waals surface area contributed by atoms with Crippen molar-refractivity contribution in [3.8, 4) is 0 Å². The van der Waals surface area contributed by atoms with E-state index in [4.69, 9.17) is 4.74 Å². The average Bonchev–Trinajstić information content (AvgIpc) is 2.59. The maximum atomic E-state index is 13.2. The Kier molecular flexibility index (Phi) is 4.09. The van der Waals surface area contributed by atoms with Gasteiger partial charge in [0, 0.05) is 17.5 Å². The molecular formula is C20H23NO5. The Morgan fingerprint density at radius 2 is 1.73 bits per heavy atom. The van der Waals surface area contributed by atoms with Crippen LogP contribution in [0.4, 0.5) is 5.69 Å². The molecule has 0 unspecified atom stereocenters. The highest BCUT2D eigenvalue weighted by atomic mass is 16.6. The van der Waals surface area contributed by atoms with Crippen LogP contribution in [-0.2, 0) is 9.53 Å². The molecule has 1 aromatic rings. The molecule has 4 bridgehead atoms. The molecule has 138 valence electrons. The highest BCUT2D eigenvalue weighted by Gasteiger charge is 2.55. The quantitative estimate of drug-likeness (QED) is 0.453. The van der Waals surface area contributed by atoms with Gasteiger partial charge in [0.1, 0.15) is 0 Å². The molecule has 4 fully saturated rings. The molecule has 26 heavy (non-hydrogen) atoms. The minimum absolute atomic E-state index is 0.0374. The predicted octanol–water partition coefficient (Wildman–Crippen LogP) is 3.93. The summed E-state index contributed by atoms with van der Waals surface area (Å²) in [5, 5.41) is 10.9. The largest absolute Gasteiger partial charge is 0.451 e. The molecule has 4 saturated carbocycles. The van der Waals surface area contributed by atoms with E-state index >= 15 is 0 Å². The Balaban J connectivity index is 1.47. The van der Waals surface area contributed by atoms with Crippen LogP contribution < -0.4 is 0 Å². The van der Waals surface area contributed by atoms with E-state index in [-0.39, 0.29) is 22.4 Å². The Bertz CT molecular complexity index is 736. The topological polar surface area (TPSA) is 86.5 Å². The van der Waals surface area contributed by atoms with E-state index < -0.39 is 17.0 Å². The van der Waals surface area contributed by atoms with Crippen molar-refractivity contribution in [1.82, 2.24) is 0 Å². The Hall–Kier alpha value is -2.24. The number of Topliss-reactive ketones (excluding diaryl/α,β-unsaturated/α-hetero) is 1. The van der Waals surface area contributed by atoms with Crippen LogP contribution in [0.5, 0.6) is 0 Å². The summed E-state index contributed by atoms with van der Waals surface area (Å²) in [4.78, 5) is 35.8. The van der Waals surface area contributed by atoms with Gasteiger partial charge in [0.05, 0.1) is 10.5 Å². The fourth-order valence-corrected chi connectivity index (χ4v) is 5.87. The van der Waals surface area contributed by atoms with Crippen LogP contribution in [0.2, 0.25) is 0 Å². The molecular weight excluding hydrogens is 334 g/mol. The molecule has 0 N–H and O–H groups in total. The number of nitro benzene ring substituents is 1. The van der Waals surface area contributed by atoms with Crippen LogP contribution in [0.3, 0.4) is 0 Å². The van der Waals surface area contributed by atoms with E-state index in [1.54, 1.807) is 6.92 Å².